The molecule has 0 unspecified atom stereocenters. The minimum absolute atomic E-state index is 0.174. The van der Waals surface area contributed by atoms with Crippen molar-refractivity contribution in [2.45, 2.75) is 25.2 Å². The van der Waals surface area contributed by atoms with E-state index in [-0.39, 0.29) is 22.6 Å². The summed E-state index contributed by atoms with van der Waals surface area (Å²) in [6.07, 6.45) is -13.7. The number of halogens is 6. The van der Waals surface area contributed by atoms with E-state index in [0.29, 0.717) is 0 Å². The second-order valence-electron chi connectivity index (χ2n) is 6.26. The van der Waals surface area contributed by atoms with Gasteiger partial charge in [0.05, 0.1) is 11.4 Å². The summed E-state index contributed by atoms with van der Waals surface area (Å²) in [7, 11) is 0. The van der Waals surface area contributed by atoms with Crippen LogP contribution < -0.4 is 0 Å². The van der Waals surface area contributed by atoms with Crippen LogP contribution in [0, 0.1) is 5.41 Å². The Morgan fingerprint density at radius 3 is 1.22 bits per heavy atom. The summed E-state index contributed by atoms with van der Waals surface area (Å²) in [6, 6.07) is 15.0. The molecule has 0 atom stereocenters. The van der Waals surface area contributed by atoms with E-state index in [1.54, 1.807) is 12.1 Å². The van der Waals surface area contributed by atoms with Crippen molar-refractivity contribution in [1.29, 1.82) is 0 Å². The van der Waals surface area contributed by atoms with Crippen molar-refractivity contribution in [3.63, 3.8) is 0 Å². The molecule has 142 valence electrons. The molecule has 0 saturated heterocycles. The zero-order valence-corrected chi connectivity index (χ0v) is 13.8. The highest BCUT2D eigenvalue weighted by atomic mass is 19.4. The third-order valence-electron chi connectivity index (χ3n) is 4.53. The summed E-state index contributed by atoms with van der Waals surface area (Å²) in [4.78, 5) is 0. The summed E-state index contributed by atoms with van der Waals surface area (Å²) in [5.41, 5.74) is -4.32. The van der Waals surface area contributed by atoms with E-state index in [9.17, 15) is 26.3 Å². The van der Waals surface area contributed by atoms with Crippen LogP contribution in [-0.4, -0.2) is 23.8 Å². The smallest absolute Gasteiger partial charge is 0.170 e. The summed E-state index contributed by atoms with van der Waals surface area (Å²) in [6.45, 7) is 0. The molecule has 0 spiro atoms. The molecule has 2 nitrogen and oxygen atoms in total. The largest absolute Gasteiger partial charge is 0.403 e. The molecule has 27 heavy (non-hydrogen) atoms. The lowest BCUT2D eigenvalue weighted by molar-refractivity contribution is -0.336. The lowest BCUT2D eigenvalue weighted by Crippen LogP contribution is -2.52. The van der Waals surface area contributed by atoms with Gasteiger partial charge in [-0.25, -0.2) is 0 Å². The summed E-state index contributed by atoms with van der Waals surface area (Å²) in [5.74, 6) is 0. The SMILES string of the molecule is FC(F)(F)C1(C(F)(F)F)CC(c2ccccc2)=NN=C(c2ccccc2)C1. The van der Waals surface area contributed by atoms with Gasteiger partial charge in [0.2, 0.25) is 0 Å². The van der Waals surface area contributed by atoms with Crippen molar-refractivity contribution in [2.24, 2.45) is 15.6 Å². The van der Waals surface area contributed by atoms with Crippen molar-refractivity contribution in [3.8, 4) is 0 Å². The molecule has 0 fully saturated rings. The molecule has 0 radical (unpaired) electrons. The molecule has 1 aliphatic heterocycles. The average molecular weight is 384 g/mol. The van der Waals surface area contributed by atoms with Gasteiger partial charge in [0.25, 0.3) is 0 Å². The molecule has 1 aliphatic rings. The van der Waals surface area contributed by atoms with Gasteiger partial charge < -0.3 is 0 Å². The summed E-state index contributed by atoms with van der Waals surface area (Å²) in [5, 5.41) is 7.56. The fraction of sp³-hybridized carbons (Fsp3) is 0.263. The first-order chi connectivity index (χ1) is 12.6. The molecule has 0 aliphatic carbocycles. The van der Waals surface area contributed by atoms with Gasteiger partial charge in [0.1, 0.15) is 0 Å². The predicted molar refractivity (Wildman–Crippen MR) is 89.7 cm³/mol. The Morgan fingerprint density at radius 2 is 0.926 bits per heavy atom. The van der Waals surface area contributed by atoms with Gasteiger partial charge in [-0.05, 0) is 11.1 Å². The van der Waals surface area contributed by atoms with Gasteiger partial charge in [-0.1, -0.05) is 60.7 Å². The van der Waals surface area contributed by atoms with Crippen LogP contribution in [0.2, 0.25) is 0 Å². The van der Waals surface area contributed by atoms with Crippen molar-refractivity contribution >= 4 is 11.4 Å². The van der Waals surface area contributed by atoms with Crippen molar-refractivity contribution in [3.05, 3.63) is 71.8 Å². The summed E-state index contributed by atoms with van der Waals surface area (Å²) >= 11 is 0. The monoisotopic (exact) mass is 384 g/mol. The molecule has 8 heteroatoms. The Kier molecular flexibility index (Phi) is 4.84. The average Bonchev–Trinajstić information content (AvgIpc) is 2.84. The van der Waals surface area contributed by atoms with E-state index in [2.05, 4.69) is 10.2 Å². The Morgan fingerprint density at radius 1 is 0.593 bits per heavy atom. The summed E-state index contributed by atoms with van der Waals surface area (Å²) < 4.78 is 82.9. The normalized spacial score (nSPS) is 17.7. The van der Waals surface area contributed by atoms with Crippen molar-refractivity contribution in [1.82, 2.24) is 0 Å². The van der Waals surface area contributed by atoms with E-state index in [4.69, 9.17) is 0 Å². The fourth-order valence-corrected chi connectivity index (χ4v) is 2.97. The molecule has 1 heterocycles. The van der Waals surface area contributed by atoms with E-state index >= 15 is 0 Å². The Bertz CT molecular complexity index is 778. The minimum Gasteiger partial charge on any atom is -0.170 e. The highest BCUT2D eigenvalue weighted by Crippen LogP contribution is 2.56. The lowest BCUT2D eigenvalue weighted by atomic mass is 9.74. The van der Waals surface area contributed by atoms with Crippen molar-refractivity contribution < 1.29 is 26.3 Å². The van der Waals surface area contributed by atoms with Gasteiger partial charge in [-0.2, -0.15) is 36.5 Å². The topological polar surface area (TPSA) is 24.7 Å². The first-order valence-electron chi connectivity index (χ1n) is 8.02. The first-order valence-corrected chi connectivity index (χ1v) is 8.02. The van der Waals surface area contributed by atoms with Gasteiger partial charge in [0, 0.05) is 12.8 Å². The molecule has 0 saturated carbocycles. The molecule has 0 amide bonds. The van der Waals surface area contributed by atoms with E-state index < -0.39 is 30.6 Å². The second-order valence-corrected chi connectivity index (χ2v) is 6.26. The fourth-order valence-electron chi connectivity index (χ4n) is 2.97. The molecule has 0 bridgehead atoms. The second kappa shape index (κ2) is 6.83. The van der Waals surface area contributed by atoms with Crippen LogP contribution >= 0.6 is 0 Å². The van der Waals surface area contributed by atoms with Crippen LogP contribution in [0.25, 0.3) is 0 Å². The molecular formula is C19H14F6N2. The Hall–Kier alpha value is -2.64. The Labute approximate surface area is 151 Å². The quantitative estimate of drug-likeness (QED) is 0.586. The number of hydrogen-bond acceptors (Lipinski definition) is 2. The predicted octanol–water partition coefficient (Wildman–Crippen LogP) is 5.78. The third kappa shape index (κ3) is 3.61. The molecular weight excluding hydrogens is 370 g/mol. The third-order valence-corrected chi connectivity index (χ3v) is 4.53. The molecule has 3 rings (SSSR count). The number of rotatable bonds is 2. The van der Waals surface area contributed by atoms with Gasteiger partial charge in [0.15, 0.2) is 5.41 Å². The van der Waals surface area contributed by atoms with Crippen LogP contribution in [0.15, 0.2) is 70.9 Å². The first kappa shape index (κ1) is 19.1. The molecule has 0 N–H and O–H groups in total. The van der Waals surface area contributed by atoms with E-state index in [1.807, 2.05) is 0 Å². The van der Waals surface area contributed by atoms with Crippen LogP contribution in [0.4, 0.5) is 26.3 Å². The zero-order chi connectivity index (χ0) is 19.7. The van der Waals surface area contributed by atoms with Crippen LogP contribution in [-0.2, 0) is 0 Å². The van der Waals surface area contributed by atoms with Gasteiger partial charge in [-0.3, -0.25) is 0 Å². The van der Waals surface area contributed by atoms with E-state index in [0.717, 1.165) is 0 Å². The van der Waals surface area contributed by atoms with Gasteiger partial charge in [-0.15, -0.1) is 0 Å². The zero-order valence-electron chi connectivity index (χ0n) is 13.8. The maximum absolute atomic E-state index is 13.8. The number of nitrogens with zero attached hydrogens (tertiary/aromatic N) is 2. The number of hydrogen-bond donors (Lipinski definition) is 0. The van der Waals surface area contributed by atoms with Crippen LogP contribution in [0.1, 0.15) is 24.0 Å². The van der Waals surface area contributed by atoms with Crippen LogP contribution in [0.5, 0.6) is 0 Å². The maximum Gasteiger partial charge on any atom is 0.403 e. The highest BCUT2D eigenvalue weighted by Gasteiger charge is 2.71. The Balaban J connectivity index is 2.21. The maximum atomic E-state index is 13.8. The van der Waals surface area contributed by atoms with E-state index in [1.165, 1.54) is 48.5 Å². The standard InChI is InChI=1S/C19H14F6N2/c20-18(21,22)17(19(23,24)25)11-15(13-7-3-1-4-8-13)26-27-16(12-17)14-9-5-2-6-10-14/h1-10H,11-12H2. The van der Waals surface area contributed by atoms with Crippen molar-refractivity contribution in [2.75, 3.05) is 0 Å². The number of benzene rings is 2. The molecule has 0 aromatic heterocycles. The lowest BCUT2D eigenvalue weighted by Gasteiger charge is -2.37. The van der Waals surface area contributed by atoms with Crippen LogP contribution in [0.3, 0.4) is 0 Å². The van der Waals surface area contributed by atoms with Gasteiger partial charge >= 0.3 is 12.4 Å². The molecule has 2 aromatic carbocycles. The number of alkyl halides is 6. The molecule has 2 aromatic rings. The minimum atomic E-state index is -5.53. The highest BCUT2D eigenvalue weighted by molar-refractivity contribution is 6.06.